The van der Waals surface area contributed by atoms with Gasteiger partial charge in [0.2, 0.25) is 5.88 Å². The van der Waals surface area contributed by atoms with E-state index >= 15 is 0 Å². The summed E-state index contributed by atoms with van der Waals surface area (Å²) in [5, 5.41) is 7.67. The Morgan fingerprint density at radius 1 is 1.25 bits per heavy atom. The van der Waals surface area contributed by atoms with Crippen molar-refractivity contribution in [3.05, 3.63) is 12.1 Å². The van der Waals surface area contributed by atoms with Crippen molar-refractivity contribution in [1.82, 2.24) is 15.1 Å². The standard InChI is InChI=1S/C13H18N4O3/c1-4-8-16-9(5-2)12(18)17(13(16)19)10-6-7-11(20-3)15-14-10/h6-7,9H,4-5,8H2,1-3H3/t9-/m0/s1. The number of hydrogen-bond donors (Lipinski definition) is 0. The summed E-state index contributed by atoms with van der Waals surface area (Å²) in [4.78, 5) is 27.4. The summed E-state index contributed by atoms with van der Waals surface area (Å²) in [6, 6.07) is 2.39. The number of rotatable bonds is 5. The van der Waals surface area contributed by atoms with Crippen LogP contribution in [0, 0.1) is 0 Å². The number of carbonyl (C=O) groups excluding carboxylic acids is 2. The fourth-order valence-corrected chi connectivity index (χ4v) is 2.28. The number of imide groups is 1. The average molecular weight is 278 g/mol. The molecule has 0 radical (unpaired) electrons. The number of ether oxygens (including phenoxy) is 1. The molecule has 1 fully saturated rings. The SMILES string of the molecule is CCCN1C(=O)N(c2ccc(OC)nn2)C(=O)[C@@H]1CC. The molecule has 1 aliphatic heterocycles. The Labute approximate surface area is 117 Å². The van der Waals surface area contributed by atoms with Gasteiger partial charge in [0.1, 0.15) is 6.04 Å². The minimum absolute atomic E-state index is 0.234. The minimum atomic E-state index is -0.411. The van der Waals surface area contributed by atoms with E-state index in [1.807, 2.05) is 13.8 Å². The Morgan fingerprint density at radius 3 is 2.50 bits per heavy atom. The van der Waals surface area contributed by atoms with E-state index in [2.05, 4.69) is 10.2 Å². The van der Waals surface area contributed by atoms with E-state index in [1.54, 1.807) is 17.0 Å². The maximum Gasteiger partial charge on any atom is 0.333 e. The molecule has 0 N–H and O–H groups in total. The number of nitrogens with zero attached hydrogens (tertiary/aromatic N) is 4. The monoisotopic (exact) mass is 278 g/mol. The van der Waals surface area contributed by atoms with Gasteiger partial charge in [-0.05, 0) is 18.9 Å². The molecule has 108 valence electrons. The molecule has 7 heteroatoms. The van der Waals surface area contributed by atoms with Gasteiger partial charge in [0.15, 0.2) is 5.82 Å². The van der Waals surface area contributed by atoms with Crippen molar-refractivity contribution in [3.8, 4) is 5.88 Å². The van der Waals surface area contributed by atoms with Gasteiger partial charge in [0, 0.05) is 12.6 Å². The first-order valence-corrected chi connectivity index (χ1v) is 6.66. The lowest BCUT2D eigenvalue weighted by Gasteiger charge is -2.19. The minimum Gasteiger partial charge on any atom is -0.480 e. The molecule has 1 aromatic heterocycles. The Morgan fingerprint density at radius 2 is 2.00 bits per heavy atom. The number of anilines is 1. The third kappa shape index (κ3) is 2.31. The number of urea groups is 1. The van der Waals surface area contributed by atoms with Crippen LogP contribution in [0.1, 0.15) is 26.7 Å². The van der Waals surface area contributed by atoms with Crippen LogP contribution in [0.2, 0.25) is 0 Å². The predicted octanol–water partition coefficient (Wildman–Crippen LogP) is 1.44. The van der Waals surface area contributed by atoms with Gasteiger partial charge in [-0.1, -0.05) is 13.8 Å². The van der Waals surface area contributed by atoms with Crippen LogP contribution in [0.15, 0.2) is 12.1 Å². The Kier molecular flexibility index (Phi) is 4.16. The summed E-state index contributed by atoms with van der Waals surface area (Å²) in [5.74, 6) is 0.327. The Balaban J connectivity index is 2.30. The molecule has 20 heavy (non-hydrogen) atoms. The maximum absolute atomic E-state index is 12.4. The molecule has 2 heterocycles. The van der Waals surface area contributed by atoms with E-state index in [9.17, 15) is 9.59 Å². The summed E-state index contributed by atoms with van der Waals surface area (Å²) >= 11 is 0. The quantitative estimate of drug-likeness (QED) is 0.762. The molecule has 0 unspecified atom stereocenters. The smallest absolute Gasteiger partial charge is 0.333 e. The van der Waals surface area contributed by atoms with Crippen molar-refractivity contribution in [2.75, 3.05) is 18.6 Å². The normalized spacial score (nSPS) is 18.9. The van der Waals surface area contributed by atoms with Gasteiger partial charge < -0.3 is 9.64 Å². The average Bonchev–Trinajstić information content (AvgIpc) is 2.70. The van der Waals surface area contributed by atoms with Gasteiger partial charge >= 0.3 is 6.03 Å². The number of methoxy groups -OCH3 is 1. The highest BCUT2D eigenvalue weighted by atomic mass is 16.5. The van der Waals surface area contributed by atoms with E-state index in [4.69, 9.17) is 4.74 Å². The molecule has 0 aliphatic carbocycles. The predicted molar refractivity (Wildman–Crippen MR) is 72.5 cm³/mol. The lowest BCUT2D eigenvalue weighted by atomic mass is 10.2. The van der Waals surface area contributed by atoms with Gasteiger partial charge in [-0.2, -0.15) is 0 Å². The largest absolute Gasteiger partial charge is 0.480 e. The van der Waals surface area contributed by atoms with E-state index in [1.165, 1.54) is 7.11 Å². The van der Waals surface area contributed by atoms with Crippen LogP contribution in [-0.4, -0.2) is 46.7 Å². The first-order chi connectivity index (χ1) is 9.63. The highest BCUT2D eigenvalue weighted by Gasteiger charge is 2.45. The van der Waals surface area contributed by atoms with Crippen LogP contribution in [0.4, 0.5) is 10.6 Å². The van der Waals surface area contributed by atoms with Crippen molar-refractivity contribution in [2.45, 2.75) is 32.7 Å². The first-order valence-electron chi connectivity index (χ1n) is 6.66. The number of carbonyl (C=O) groups is 2. The fourth-order valence-electron chi connectivity index (χ4n) is 2.28. The van der Waals surface area contributed by atoms with Gasteiger partial charge in [0.05, 0.1) is 7.11 Å². The molecule has 0 aromatic carbocycles. The summed E-state index contributed by atoms with van der Waals surface area (Å²) in [6.07, 6.45) is 1.39. The number of hydrogen-bond acceptors (Lipinski definition) is 5. The van der Waals surface area contributed by atoms with Crippen molar-refractivity contribution in [2.24, 2.45) is 0 Å². The zero-order chi connectivity index (χ0) is 14.7. The summed E-state index contributed by atoms with van der Waals surface area (Å²) in [6.45, 7) is 4.42. The molecule has 7 nitrogen and oxygen atoms in total. The van der Waals surface area contributed by atoms with Gasteiger partial charge in [-0.3, -0.25) is 4.79 Å². The zero-order valence-corrected chi connectivity index (χ0v) is 11.9. The summed E-state index contributed by atoms with van der Waals surface area (Å²) in [7, 11) is 1.48. The van der Waals surface area contributed by atoms with Crippen LogP contribution in [0.25, 0.3) is 0 Å². The molecule has 1 atom stereocenters. The molecule has 1 saturated heterocycles. The molecule has 0 saturated carbocycles. The van der Waals surface area contributed by atoms with Gasteiger partial charge in [0.25, 0.3) is 5.91 Å². The van der Waals surface area contributed by atoms with Crippen molar-refractivity contribution in [3.63, 3.8) is 0 Å². The molecule has 3 amide bonds. The number of amides is 3. The second-order valence-corrected chi connectivity index (χ2v) is 4.51. The molecule has 1 aromatic rings. The lowest BCUT2D eigenvalue weighted by Crippen LogP contribution is -2.35. The van der Waals surface area contributed by atoms with Crippen LogP contribution < -0.4 is 9.64 Å². The third-order valence-electron chi connectivity index (χ3n) is 3.23. The molecule has 0 spiro atoms. The molecular formula is C13H18N4O3. The van der Waals surface area contributed by atoms with Crippen LogP contribution >= 0.6 is 0 Å². The van der Waals surface area contributed by atoms with E-state index in [0.717, 1.165) is 11.3 Å². The van der Waals surface area contributed by atoms with Crippen LogP contribution in [-0.2, 0) is 4.79 Å². The highest BCUT2D eigenvalue weighted by molar-refractivity contribution is 6.20. The molecular weight excluding hydrogens is 260 g/mol. The highest BCUT2D eigenvalue weighted by Crippen LogP contribution is 2.25. The Hall–Kier alpha value is -2.18. The summed E-state index contributed by atoms with van der Waals surface area (Å²) < 4.78 is 4.92. The van der Waals surface area contributed by atoms with Crippen LogP contribution in [0.3, 0.4) is 0 Å². The molecule has 1 aliphatic rings. The van der Waals surface area contributed by atoms with E-state index in [-0.39, 0.29) is 17.8 Å². The molecule has 0 bridgehead atoms. The Bertz CT molecular complexity index is 503. The lowest BCUT2D eigenvalue weighted by molar-refractivity contribution is -0.119. The topological polar surface area (TPSA) is 75.6 Å². The second-order valence-electron chi connectivity index (χ2n) is 4.51. The van der Waals surface area contributed by atoms with Crippen molar-refractivity contribution < 1.29 is 14.3 Å². The van der Waals surface area contributed by atoms with Crippen molar-refractivity contribution in [1.29, 1.82) is 0 Å². The zero-order valence-electron chi connectivity index (χ0n) is 11.9. The van der Waals surface area contributed by atoms with E-state index in [0.29, 0.717) is 18.8 Å². The maximum atomic E-state index is 12.4. The van der Waals surface area contributed by atoms with Crippen LogP contribution in [0.5, 0.6) is 5.88 Å². The van der Waals surface area contributed by atoms with Gasteiger partial charge in [-0.15, -0.1) is 10.2 Å². The first kappa shape index (κ1) is 14.2. The fraction of sp³-hybridized carbons (Fsp3) is 0.538. The second kappa shape index (κ2) is 5.85. The summed E-state index contributed by atoms with van der Waals surface area (Å²) in [5.41, 5.74) is 0. The third-order valence-corrected chi connectivity index (χ3v) is 3.23. The molecule has 2 rings (SSSR count). The van der Waals surface area contributed by atoms with Crippen molar-refractivity contribution >= 4 is 17.8 Å². The van der Waals surface area contributed by atoms with Gasteiger partial charge in [-0.25, -0.2) is 9.69 Å². The number of aromatic nitrogens is 2. The van der Waals surface area contributed by atoms with E-state index < -0.39 is 6.04 Å².